The largest absolute Gasteiger partial charge is 0.416 e. The zero-order valence-electron chi connectivity index (χ0n) is 10.3. The highest BCUT2D eigenvalue weighted by Crippen LogP contribution is 2.40. The van der Waals surface area contributed by atoms with Crippen molar-refractivity contribution in [2.24, 2.45) is 5.92 Å². The van der Waals surface area contributed by atoms with Gasteiger partial charge in [-0.2, -0.15) is 13.2 Å². The number of carbonyl (C=O) groups excluding carboxylic acids is 1. The number of halogens is 3. The van der Waals surface area contributed by atoms with Crippen molar-refractivity contribution < 1.29 is 18.0 Å². The van der Waals surface area contributed by atoms with Crippen LogP contribution in [0.4, 0.5) is 13.2 Å². The summed E-state index contributed by atoms with van der Waals surface area (Å²) in [4.78, 5) is 11.5. The van der Waals surface area contributed by atoms with Gasteiger partial charge in [0.2, 0.25) is 0 Å². The highest BCUT2D eigenvalue weighted by molar-refractivity contribution is 5.84. The molecule has 1 saturated carbocycles. The number of benzene rings is 1. The molecular weight excluding hydrogens is 241 g/mol. The summed E-state index contributed by atoms with van der Waals surface area (Å²) in [5.74, 6) is 0.194. The molecule has 0 spiro atoms. The van der Waals surface area contributed by atoms with Gasteiger partial charge in [-0.05, 0) is 42.5 Å². The zero-order valence-corrected chi connectivity index (χ0v) is 10.3. The van der Waals surface area contributed by atoms with Gasteiger partial charge in [0, 0.05) is 12.3 Å². The van der Waals surface area contributed by atoms with Crippen LogP contribution in [0.3, 0.4) is 0 Å². The monoisotopic (exact) mass is 256 g/mol. The normalized spacial score (nSPS) is 24.6. The molecule has 0 N–H and O–H groups in total. The lowest BCUT2D eigenvalue weighted by Gasteiger charge is -2.18. The molecule has 0 aliphatic heterocycles. The molecule has 18 heavy (non-hydrogen) atoms. The first-order valence-corrected chi connectivity index (χ1v) is 6.01. The van der Waals surface area contributed by atoms with Gasteiger partial charge in [0.05, 0.1) is 5.56 Å². The Labute approximate surface area is 104 Å². The van der Waals surface area contributed by atoms with Crippen LogP contribution in [0.2, 0.25) is 0 Å². The summed E-state index contributed by atoms with van der Waals surface area (Å²) in [5.41, 5.74) is 0.874. The molecule has 98 valence electrons. The average molecular weight is 256 g/mol. The Morgan fingerprint density at radius 2 is 1.94 bits per heavy atom. The number of hydrogen-bond acceptors (Lipinski definition) is 1. The molecule has 1 aromatic rings. The van der Waals surface area contributed by atoms with Crippen molar-refractivity contribution >= 4 is 5.78 Å². The third-order valence-corrected chi connectivity index (χ3v) is 3.81. The first-order chi connectivity index (χ1) is 8.30. The van der Waals surface area contributed by atoms with Gasteiger partial charge >= 0.3 is 6.18 Å². The Morgan fingerprint density at radius 1 is 1.28 bits per heavy atom. The molecule has 0 saturated heterocycles. The standard InChI is InChI=1S/C14H15F3O/c1-8-7-10(14(15,16)17)3-4-11(8)12-5-6-13(18)9(12)2/h3-4,7,9,12H,5-6H2,1-2H3. The Hall–Kier alpha value is -1.32. The van der Waals surface area contributed by atoms with E-state index in [-0.39, 0.29) is 17.6 Å². The van der Waals surface area contributed by atoms with E-state index in [1.54, 1.807) is 6.92 Å². The van der Waals surface area contributed by atoms with E-state index in [2.05, 4.69) is 0 Å². The molecule has 0 radical (unpaired) electrons. The second kappa shape index (κ2) is 4.41. The van der Waals surface area contributed by atoms with Crippen LogP contribution in [0.1, 0.15) is 42.4 Å². The predicted octanol–water partition coefficient (Wildman–Crippen LogP) is 4.10. The van der Waals surface area contributed by atoms with Crippen LogP contribution >= 0.6 is 0 Å². The van der Waals surface area contributed by atoms with Crippen molar-refractivity contribution in [3.63, 3.8) is 0 Å². The van der Waals surface area contributed by atoms with Crippen LogP contribution in [0, 0.1) is 12.8 Å². The van der Waals surface area contributed by atoms with Gasteiger partial charge in [-0.1, -0.05) is 13.0 Å². The maximum atomic E-state index is 12.6. The minimum absolute atomic E-state index is 0.0692. The lowest BCUT2D eigenvalue weighted by molar-refractivity contribution is -0.137. The van der Waals surface area contributed by atoms with Gasteiger partial charge in [-0.25, -0.2) is 0 Å². The number of hydrogen-bond donors (Lipinski definition) is 0. The van der Waals surface area contributed by atoms with Gasteiger partial charge in [0.1, 0.15) is 5.78 Å². The van der Waals surface area contributed by atoms with E-state index < -0.39 is 11.7 Å². The minimum Gasteiger partial charge on any atom is -0.299 e. The van der Waals surface area contributed by atoms with Gasteiger partial charge in [0.15, 0.2) is 0 Å². The molecule has 1 fully saturated rings. The molecule has 1 aromatic carbocycles. The SMILES string of the molecule is Cc1cc(C(F)(F)F)ccc1C1CCC(=O)C1C. The van der Waals surface area contributed by atoms with Crippen molar-refractivity contribution in [2.45, 2.75) is 38.8 Å². The highest BCUT2D eigenvalue weighted by Gasteiger charge is 2.35. The molecule has 1 nitrogen and oxygen atoms in total. The molecule has 2 atom stereocenters. The van der Waals surface area contributed by atoms with Crippen LogP contribution in [-0.4, -0.2) is 5.78 Å². The summed E-state index contributed by atoms with van der Waals surface area (Å²) >= 11 is 0. The maximum Gasteiger partial charge on any atom is 0.416 e. The van der Waals surface area contributed by atoms with E-state index in [1.165, 1.54) is 12.1 Å². The fraction of sp³-hybridized carbons (Fsp3) is 0.500. The Kier molecular flexibility index (Phi) is 3.21. The molecule has 2 rings (SSSR count). The summed E-state index contributed by atoms with van der Waals surface area (Å²) in [6, 6.07) is 3.81. The summed E-state index contributed by atoms with van der Waals surface area (Å²) in [5, 5.41) is 0. The zero-order chi connectivity index (χ0) is 13.5. The number of ketones is 1. The number of Topliss-reactive ketones (excluding diaryl/α,β-unsaturated/α-hetero) is 1. The number of alkyl halides is 3. The first-order valence-electron chi connectivity index (χ1n) is 6.01. The Morgan fingerprint density at radius 3 is 2.39 bits per heavy atom. The maximum absolute atomic E-state index is 12.6. The van der Waals surface area contributed by atoms with Crippen molar-refractivity contribution in [1.82, 2.24) is 0 Å². The highest BCUT2D eigenvalue weighted by atomic mass is 19.4. The van der Waals surface area contributed by atoms with Gasteiger partial charge in [-0.3, -0.25) is 4.79 Å². The summed E-state index contributed by atoms with van der Waals surface area (Å²) in [7, 11) is 0. The topological polar surface area (TPSA) is 17.1 Å². The second-order valence-corrected chi connectivity index (χ2v) is 4.97. The average Bonchev–Trinajstić information content (AvgIpc) is 2.59. The summed E-state index contributed by atoms with van der Waals surface area (Å²) in [6.45, 7) is 3.54. The van der Waals surface area contributed by atoms with Crippen molar-refractivity contribution in [3.8, 4) is 0 Å². The van der Waals surface area contributed by atoms with Gasteiger partial charge in [-0.15, -0.1) is 0 Å². The van der Waals surface area contributed by atoms with E-state index in [0.29, 0.717) is 12.0 Å². The molecule has 1 aliphatic rings. The molecule has 0 heterocycles. The quantitative estimate of drug-likeness (QED) is 0.739. The number of aryl methyl sites for hydroxylation is 1. The predicted molar refractivity (Wildman–Crippen MR) is 62.3 cm³/mol. The summed E-state index contributed by atoms with van der Waals surface area (Å²) in [6.07, 6.45) is -3.03. The molecule has 0 bridgehead atoms. The van der Waals surface area contributed by atoms with E-state index in [0.717, 1.165) is 18.1 Å². The fourth-order valence-electron chi connectivity index (χ4n) is 2.69. The van der Waals surface area contributed by atoms with Crippen LogP contribution in [0.15, 0.2) is 18.2 Å². The molecule has 1 aliphatic carbocycles. The second-order valence-electron chi connectivity index (χ2n) is 4.97. The number of carbonyl (C=O) groups is 1. The molecule has 4 heteroatoms. The molecule has 0 aromatic heterocycles. The lowest BCUT2D eigenvalue weighted by atomic mass is 9.86. The summed E-state index contributed by atoms with van der Waals surface area (Å²) < 4.78 is 37.7. The van der Waals surface area contributed by atoms with Crippen LogP contribution in [-0.2, 0) is 11.0 Å². The van der Waals surface area contributed by atoms with Crippen molar-refractivity contribution in [1.29, 1.82) is 0 Å². The van der Waals surface area contributed by atoms with Crippen LogP contribution in [0.5, 0.6) is 0 Å². The molecule has 2 unspecified atom stereocenters. The first kappa shape index (κ1) is 13.1. The van der Waals surface area contributed by atoms with Gasteiger partial charge < -0.3 is 0 Å². The van der Waals surface area contributed by atoms with E-state index in [4.69, 9.17) is 0 Å². The van der Waals surface area contributed by atoms with Gasteiger partial charge in [0.25, 0.3) is 0 Å². The third-order valence-electron chi connectivity index (χ3n) is 3.81. The van der Waals surface area contributed by atoms with Crippen LogP contribution < -0.4 is 0 Å². The lowest BCUT2D eigenvalue weighted by Crippen LogP contribution is -2.11. The minimum atomic E-state index is -4.31. The Balaban J connectivity index is 2.34. The van der Waals surface area contributed by atoms with E-state index in [1.807, 2.05) is 6.92 Å². The van der Waals surface area contributed by atoms with Crippen molar-refractivity contribution in [3.05, 3.63) is 34.9 Å². The smallest absolute Gasteiger partial charge is 0.299 e. The Bertz CT molecular complexity index is 476. The van der Waals surface area contributed by atoms with Crippen molar-refractivity contribution in [2.75, 3.05) is 0 Å². The number of rotatable bonds is 1. The van der Waals surface area contributed by atoms with E-state index >= 15 is 0 Å². The molecule has 0 amide bonds. The van der Waals surface area contributed by atoms with E-state index in [9.17, 15) is 18.0 Å². The van der Waals surface area contributed by atoms with Crippen LogP contribution in [0.25, 0.3) is 0 Å². The fourth-order valence-corrected chi connectivity index (χ4v) is 2.69. The molecular formula is C14H15F3O. The third kappa shape index (κ3) is 2.28.